The van der Waals surface area contributed by atoms with Crippen molar-refractivity contribution >= 4 is 10.9 Å². The maximum atomic E-state index is 13.2. The van der Waals surface area contributed by atoms with Crippen LogP contribution in [-0.2, 0) is 23.8 Å². The molecule has 2 aliphatic heterocycles. The third-order valence-corrected chi connectivity index (χ3v) is 7.18. The van der Waals surface area contributed by atoms with Gasteiger partial charge in [0.25, 0.3) is 0 Å². The van der Waals surface area contributed by atoms with Crippen molar-refractivity contribution in [3.8, 4) is 0 Å². The van der Waals surface area contributed by atoms with E-state index in [0.717, 1.165) is 87.7 Å². The minimum Gasteiger partial charge on any atom is -0.381 e. The molecule has 7 heteroatoms. The van der Waals surface area contributed by atoms with Crippen LogP contribution in [0.5, 0.6) is 0 Å². The van der Waals surface area contributed by atoms with Gasteiger partial charge < -0.3 is 20.4 Å². The van der Waals surface area contributed by atoms with Gasteiger partial charge in [0.2, 0.25) is 0 Å². The zero-order valence-electron chi connectivity index (χ0n) is 17.0. The summed E-state index contributed by atoms with van der Waals surface area (Å²) in [4.78, 5) is 5.73. The number of benzene rings is 1. The number of fused-ring (bicyclic) bond motifs is 4. The number of nitrogens with zero attached hydrogens (tertiary/aromatic N) is 1. The normalized spacial score (nSPS) is 23.8. The highest BCUT2D eigenvalue weighted by atomic mass is 19.4. The molecule has 0 radical (unpaired) electrons. The number of ether oxygens (including phenoxy) is 1. The van der Waals surface area contributed by atoms with Crippen molar-refractivity contribution < 1.29 is 17.9 Å². The van der Waals surface area contributed by atoms with Crippen LogP contribution < -0.4 is 5.73 Å². The first-order chi connectivity index (χ1) is 14.3. The number of aromatic amines is 1. The molecule has 1 fully saturated rings. The van der Waals surface area contributed by atoms with Gasteiger partial charge in [0.05, 0.1) is 5.56 Å². The van der Waals surface area contributed by atoms with Gasteiger partial charge in [-0.3, -0.25) is 0 Å². The van der Waals surface area contributed by atoms with E-state index >= 15 is 0 Å². The Hall–Kier alpha value is -1.99. The lowest BCUT2D eigenvalue weighted by Crippen LogP contribution is -2.47. The van der Waals surface area contributed by atoms with Crippen LogP contribution in [0.1, 0.15) is 42.5 Å². The molecular formula is C23H28F3N3O. The molecule has 1 aliphatic carbocycles. The summed E-state index contributed by atoms with van der Waals surface area (Å²) in [6, 6.07) is 4.03. The standard InChI is InChI=1S/C23H28F3N3O/c24-23(25,26)17-1-2-20-19(13-17)18-11-16-14-29(7-3-15(16)12-21(18)28-20)8-4-22(27)5-9-30-10-6-22/h1-2,13-15,28H,3-12,27H2/t15-/m1/s1. The van der Waals surface area contributed by atoms with E-state index in [-0.39, 0.29) is 5.54 Å². The Bertz CT molecular complexity index is 972. The summed E-state index contributed by atoms with van der Waals surface area (Å²) < 4.78 is 45.0. The second-order valence-electron chi connectivity index (χ2n) is 9.17. The Balaban J connectivity index is 1.36. The largest absolute Gasteiger partial charge is 0.416 e. The van der Waals surface area contributed by atoms with Crippen LogP contribution in [0.4, 0.5) is 13.2 Å². The van der Waals surface area contributed by atoms with Crippen molar-refractivity contribution in [3.05, 3.63) is 46.8 Å². The van der Waals surface area contributed by atoms with E-state index in [1.165, 1.54) is 11.6 Å². The highest BCUT2D eigenvalue weighted by molar-refractivity contribution is 5.86. The Kier molecular flexibility index (Phi) is 4.86. The highest BCUT2D eigenvalue weighted by Gasteiger charge is 2.34. The average molecular weight is 419 g/mol. The topological polar surface area (TPSA) is 54.3 Å². The Morgan fingerprint density at radius 2 is 2.03 bits per heavy atom. The van der Waals surface area contributed by atoms with Gasteiger partial charge in [-0.15, -0.1) is 0 Å². The molecule has 3 N–H and O–H groups in total. The number of allylic oxidation sites excluding steroid dienone is 1. The molecule has 3 aliphatic rings. The first-order valence-corrected chi connectivity index (χ1v) is 10.8. The number of halogens is 3. The van der Waals surface area contributed by atoms with Crippen LogP contribution >= 0.6 is 0 Å². The maximum absolute atomic E-state index is 13.2. The number of hydrogen-bond donors (Lipinski definition) is 2. The third kappa shape index (κ3) is 3.73. The van der Waals surface area contributed by atoms with Crippen LogP contribution in [0.2, 0.25) is 0 Å². The minimum atomic E-state index is -4.32. The Morgan fingerprint density at radius 1 is 1.23 bits per heavy atom. The smallest absolute Gasteiger partial charge is 0.381 e. The Labute approximate surface area is 174 Å². The van der Waals surface area contributed by atoms with E-state index in [1.807, 2.05) is 0 Å². The van der Waals surface area contributed by atoms with Crippen LogP contribution in [0, 0.1) is 5.92 Å². The lowest BCUT2D eigenvalue weighted by Gasteiger charge is -2.38. The summed E-state index contributed by atoms with van der Waals surface area (Å²) in [7, 11) is 0. The summed E-state index contributed by atoms with van der Waals surface area (Å²) in [5.74, 6) is 0.471. The van der Waals surface area contributed by atoms with Gasteiger partial charge in [0.15, 0.2) is 0 Å². The van der Waals surface area contributed by atoms with Crippen molar-refractivity contribution in [2.45, 2.75) is 50.2 Å². The van der Waals surface area contributed by atoms with Crippen molar-refractivity contribution in [1.82, 2.24) is 9.88 Å². The predicted octanol–water partition coefficient (Wildman–Crippen LogP) is 4.39. The number of nitrogens with one attached hydrogen (secondary N) is 1. The SMILES string of the molecule is NC1(CCN2C=C3Cc4c([nH]c5ccc(C(F)(F)F)cc45)C[C@H]3CC2)CCOCC1. The fourth-order valence-electron chi connectivity index (χ4n) is 5.21. The molecule has 30 heavy (non-hydrogen) atoms. The van der Waals surface area contributed by atoms with E-state index in [4.69, 9.17) is 10.5 Å². The summed E-state index contributed by atoms with van der Waals surface area (Å²) >= 11 is 0. The van der Waals surface area contributed by atoms with Crippen LogP contribution in [0.3, 0.4) is 0 Å². The number of hydrogen-bond acceptors (Lipinski definition) is 3. The Morgan fingerprint density at radius 3 is 2.80 bits per heavy atom. The van der Waals surface area contributed by atoms with Gasteiger partial charge in [-0.2, -0.15) is 13.2 Å². The summed E-state index contributed by atoms with van der Waals surface area (Å²) in [6.45, 7) is 3.41. The van der Waals surface area contributed by atoms with Gasteiger partial charge in [-0.05, 0) is 80.0 Å². The van der Waals surface area contributed by atoms with Crippen LogP contribution in [0.25, 0.3) is 10.9 Å². The van der Waals surface area contributed by atoms with Crippen LogP contribution in [-0.4, -0.2) is 41.7 Å². The molecule has 0 saturated carbocycles. The first kappa shape index (κ1) is 19.9. The molecule has 1 saturated heterocycles. The fourth-order valence-corrected chi connectivity index (χ4v) is 5.21. The molecular weight excluding hydrogens is 391 g/mol. The number of alkyl halides is 3. The number of H-pyrrole nitrogens is 1. The minimum absolute atomic E-state index is 0.141. The van der Waals surface area contributed by atoms with Crippen molar-refractivity contribution in [1.29, 1.82) is 0 Å². The lowest BCUT2D eigenvalue weighted by molar-refractivity contribution is -0.137. The molecule has 1 aromatic heterocycles. The molecule has 0 bridgehead atoms. The molecule has 4 nitrogen and oxygen atoms in total. The predicted molar refractivity (Wildman–Crippen MR) is 110 cm³/mol. The van der Waals surface area contributed by atoms with E-state index < -0.39 is 11.7 Å². The third-order valence-electron chi connectivity index (χ3n) is 7.18. The van der Waals surface area contributed by atoms with Gasteiger partial charge >= 0.3 is 6.18 Å². The van der Waals surface area contributed by atoms with E-state index in [2.05, 4.69) is 16.1 Å². The zero-order chi connectivity index (χ0) is 20.9. The molecule has 2 aromatic rings. The van der Waals surface area contributed by atoms with Gasteiger partial charge in [0, 0.05) is 48.4 Å². The number of aromatic nitrogens is 1. The second-order valence-corrected chi connectivity index (χ2v) is 9.17. The quantitative estimate of drug-likeness (QED) is 0.776. The summed E-state index contributed by atoms with van der Waals surface area (Å²) in [5.41, 5.74) is 10.1. The fraction of sp³-hybridized carbons (Fsp3) is 0.565. The first-order valence-electron chi connectivity index (χ1n) is 10.8. The molecule has 1 atom stereocenters. The summed E-state index contributed by atoms with van der Waals surface area (Å²) in [6.07, 6.45) is 3.36. The van der Waals surface area contributed by atoms with E-state index in [1.54, 1.807) is 6.07 Å². The molecule has 0 unspecified atom stereocenters. The molecule has 0 spiro atoms. The van der Waals surface area contributed by atoms with Gasteiger partial charge in [0.1, 0.15) is 0 Å². The summed E-state index contributed by atoms with van der Waals surface area (Å²) in [5, 5.41) is 0.708. The zero-order valence-corrected chi connectivity index (χ0v) is 17.0. The van der Waals surface area contributed by atoms with Crippen molar-refractivity contribution in [2.24, 2.45) is 11.7 Å². The van der Waals surface area contributed by atoms with Crippen LogP contribution in [0.15, 0.2) is 30.0 Å². The highest BCUT2D eigenvalue weighted by Crippen LogP contribution is 2.40. The van der Waals surface area contributed by atoms with E-state index in [9.17, 15) is 13.2 Å². The molecule has 5 rings (SSSR count). The van der Waals surface area contributed by atoms with Crippen molar-refractivity contribution in [3.63, 3.8) is 0 Å². The lowest BCUT2D eigenvalue weighted by atomic mass is 9.79. The second kappa shape index (κ2) is 7.31. The number of rotatable bonds is 3. The molecule has 1 aromatic carbocycles. The molecule has 3 heterocycles. The van der Waals surface area contributed by atoms with Gasteiger partial charge in [-0.1, -0.05) is 0 Å². The maximum Gasteiger partial charge on any atom is 0.416 e. The monoisotopic (exact) mass is 419 g/mol. The molecule has 0 amide bonds. The van der Waals surface area contributed by atoms with E-state index in [0.29, 0.717) is 11.3 Å². The average Bonchev–Trinajstić information content (AvgIpc) is 3.07. The van der Waals surface area contributed by atoms with Crippen molar-refractivity contribution in [2.75, 3.05) is 26.3 Å². The number of nitrogens with two attached hydrogens (primary N) is 1. The van der Waals surface area contributed by atoms with Gasteiger partial charge in [-0.25, -0.2) is 0 Å². The molecule has 162 valence electrons.